The Morgan fingerprint density at radius 1 is 1.54 bits per heavy atom. The van der Waals surface area contributed by atoms with Crippen LogP contribution in [0.3, 0.4) is 0 Å². The Morgan fingerprint density at radius 3 is 2.92 bits per heavy atom. The van der Waals surface area contributed by atoms with Gasteiger partial charge in [0.15, 0.2) is 0 Å². The van der Waals surface area contributed by atoms with Crippen LogP contribution in [0.1, 0.15) is 17.2 Å². The van der Waals surface area contributed by atoms with Gasteiger partial charge in [-0.25, -0.2) is 0 Å². The number of hydrogen-bond donors (Lipinski definition) is 1. The van der Waals surface area contributed by atoms with E-state index in [0.717, 1.165) is 17.1 Å². The maximum atomic E-state index is 6.04. The van der Waals surface area contributed by atoms with Crippen LogP contribution in [0.5, 0.6) is 0 Å². The van der Waals surface area contributed by atoms with Crippen molar-refractivity contribution >= 4 is 17.3 Å². The summed E-state index contributed by atoms with van der Waals surface area (Å²) in [4.78, 5) is 2.17. The van der Waals surface area contributed by atoms with E-state index in [1.165, 1.54) is 11.3 Å². The normalized spacial score (nSPS) is 20.6. The minimum Gasteiger partial charge on any atom is -0.372 e. The molecule has 1 aromatic rings. The first-order valence-electron chi connectivity index (χ1n) is 4.37. The van der Waals surface area contributed by atoms with Gasteiger partial charge in [-0.1, -0.05) is 17.7 Å². The second-order valence-electron chi connectivity index (χ2n) is 3.60. The molecule has 1 aromatic carbocycles. The minimum absolute atomic E-state index is 0.135. The Balaban J connectivity index is 2.64. The minimum atomic E-state index is 0.135. The molecule has 2 rings (SSSR count). The van der Waals surface area contributed by atoms with Gasteiger partial charge < -0.3 is 10.6 Å². The highest BCUT2D eigenvalue weighted by Crippen LogP contribution is 2.38. The van der Waals surface area contributed by atoms with Crippen LogP contribution < -0.4 is 10.6 Å². The molecule has 2 N–H and O–H groups in total. The van der Waals surface area contributed by atoms with Gasteiger partial charge in [-0.15, -0.1) is 0 Å². The van der Waals surface area contributed by atoms with Crippen molar-refractivity contribution in [3.05, 3.63) is 28.3 Å². The molecule has 0 radical (unpaired) electrons. The van der Waals surface area contributed by atoms with Crippen LogP contribution in [-0.4, -0.2) is 13.6 Å². The molecule has 1 atom stereocenters. The first-order chi connectivity index (χ1) is 6.11. The maximum Gasteiger partial charge on any atom is 0.0493 e. The van der Waals surface area contributed by atoms with Crippen molar-refractivity contribution in [3.8, 4) is 0 Å². The van der Waals surface area contributed by atoms with E-state index in [-0.39, 0.29) is 6.04 Å². The van der Waals surface area contributed by atoms with Crippen LogP contribution >= 0.6 is 11.6 Å². The molecule has 0 aromatic heterocycles. The number of rotatable bonds is 0. The number of fused-ring (bicyclic) bond motifs is 1. The summed E-state index contributed by atoms with van der Waals surface area (Å²) >= 11 is 6.04. The standard InChI is InChI=1S/C10H13ClN2/c1-6-8(11)4-3-7-9(12)5-13(2)10(6)7/h3-4,9H,5,12H2,1-2H3. The van der Waals surface area contributed by atoms with E-state index in [2.05, 4.69) is 11.9 Å². The smallest absolute Gasteiger partial charge is 0.0493 e. The summed E-state index contributed by atoms with van der Waals surface area (Å²) in [6.07, 6.45) is 0. The first kappa shape index (κ1) is 8.85. The lowest BCUT2D eigenvalue weighted by Crippen LogP contribution is -2.19. The zero-order valence-corrected chi connectivity index (χ0v) is 8.60. The molecule has 0 amide bonds. The third-order valence-corrected chi connectivity index (χ3v) is 3.06. The van der Waals surface area contributed by atoms with Crippen molar-refractivity contribution < 1.29 is 0 Å². The molecule has 3 heteroatoms. The molecule has 1 aliphatic heterocycles. The van der Waals surface area contributed by atoms with Crippen LogP contribution in [0.2, 0.25) is 5.02 Å². The molecule has 0 saturated carbocycles. The maximum absolute atomic E-state index is 6.04. The molecule has 1 heterocycles. The summed E-state index contributed by atoms with van der Waals surface area (Å²) < 4.78 is 0. The van der Waals surface area contributed by atoms with Crippen LogP contribution in [0.4, 0.5) is 5.69 Å². The zero-order chi connectivity index (χ0) is 9.59. The molecular formula is C10H13ClN2. The van der Waals surface area contributed by atoms with Crippen molar-refractivity contribution in [2.24, 2.45) is 5.73 Å². The second-order valence-corrected chi connectivity index (χ2v) is 4.00. The second kappa shape index (κ2) is 2.89. The Hall–Kier alpha value is -0.730. The lowest BCUT2D eigenvalue weighted by atomic mass is 10.1. The van der Waals surface area contributed by atoms with Gasteiger partial charge in [-0.2, -0.15) is 0 Å². The van der Waals surface area contributed by atoms with E-state index in [0.29, 0.717) is 0 Å². The van der Waals surface area contributed by atoms with Crippen LogP contribution in [0.25, 0.3) is 0 Å². The molecule has 0 saturated heterocycles. The molecule has 1 aliphatic rings. The number of hydrogen-bond acceptors (Lipinski definition) is 2. The monoisotopic (exact) mass is 196 g/mol. The highest BCUT2D eigenvalue weighted by Gasteiger charge is 2.25. The quantitative estimate of drug-likeness (QED) is 0.689. The molecule has 0 bridgehead atoms. The average molecular weight is 197 g/mol. The number of nitrogens with two attached hydrogens (primary N) is 1. The van der Waals surface area contributed by atoms with Gasteiger partial charge in [0, 0.05) is 30.3 Å². The van der Waals surface area contributed by atoms with Crippen LogP contribution in [-0.2, 0) is 0 Å². The molecule has 0 spiro atoms. The van der Waals surface area contributed by atoms with Gasteiger partial charge in [-0.3, -0.25) is 0 Å². The zero-order valence-electron chi connectivity index (χ0n) is 7.84. The van der Waals surface area contributed by atoms with Crippen molar-refractivity contribution in [2.75, 3.05) is 18.5 Å². The fourth-order valence-corrected chi connectivity index (χ4v) is 2.14. The largest absolute Gasteiger partial charge is 0.372 e. The summed E-state index contributed by atoms with van der Waals surface area (Å²) in [5.74, 6) is 0. The lowest BCUT2D eigenvalue weighted by Gasteiger charge is -2.15. The molecule has 70 valence electrons. The van der Waals surface area contributed by atoms with E-state index >= 15 is 0 Å². The fourth-order valence-electron chi connectivity index (χ4n) is 1.99. The molecule has 0 fully saturated rings. The SMILES string of the molecule is Cc1c(Cl)ccc2c1N(C)CC2N. The third-order valence-electron chi connectivity index (χ3n) is 2.65. The van der Waals surface area contributed by atoms with Crippen molar-refractivity contribution in [3.63, 3.8) is 0 Å². The summed E-state index contributed by atoms with van der Waals surface area (Å²) in [6.45, 7) is 2.92. The molecule has 2 nitrogen and oxygen atoms in total. The van der Waals surface area contributed by atoms with Gasteiger partial charge in [0.2, 0.25) is 0 Å². The fraction of sp³-hybridized carbons (Fsp3) is 0.400. The lowest BCUT2D eigenvalue weighted by molar-refractivity contribution is 0.760. The van der Waals surface area contributed by atoms with Crippen molar-refractivity contribution in [2.45, 2.75) is 13.0 Å². The van der Waals surface area contributed by atoms with Crippen LogP contribution in [0.15, 0.2) is 12.1 Å². The van der Waals surface area contributed by atoms with Crippen molar-refractivity contribution in [1.82, 2.24) is 0 Å². The molecule has 0 aliphatic carbocycles. The van der Waals surface area contributed by atoms with Gasteiger partial charge in [0.1, 0.15) is 0 Å². The van der Waals surface area contributed by atoms with E-state index in [1.54, 1.807) is 0 Å². The van der Waals surface area contributed by atoms with Gasteiger partial charge in [0.05, 0.1) is 0 Å². The Kier molecular flexibility index (Phi) is 1.97. The highest BCUT2D eigenvalue weighted by molar-refractivity contribution is 6.31. The van der Waals surface area contributed by atoms with E-state index in [1.807, 2.05) is 19.1 Å². The predicted octanol–water partition coefficient (Wildman–Crippen LogP) is 2.10. The van der Waals surface area contributed by atoms with E-state index in [4.69, 9.17) is 17.3 Å². The topological polar surface area (TPSA) is 29.3 Å². The summed E-state index contributed by atoms with van der Waals surface area (Å²) in [6, 6.07) is 4.09. The molecule has 13 heavy (non-hydrogen) atoms. The first-order valence-corrected chi connectivity index (χ1v) is 4.74. The molecular weight excluding hydrogens is 184 g/mol. The number of likely N-dealkylation sites (N-methyl/N-ethyl adjacent to an activating group) is 1. The Bertz CT molecular complexity index is 349. The third kappa shape index (κ3) is 1.21. The van der Waals surface area contributed by atoms with E-state index in [9.17, 15) is 0 Å². The van der Waals surface area contributed by atoms with Gasteiger partial charge in [0.25, 0.3) is 0 Å². The summed E-state index contributed by atoms with van der Waals surface area (Å²) in [5.41, 5.74) is 9.53. The number of halogens is 1. The summed E-state index contributed by atoms with van der Waals surface area (Å²) in [7, 11) is 2.05. The van der Waals surface area contributed by atoms with Crippen LogP contribution in [0, 0.1) is 6.92 Å². The number of anilines is 1. The van der Waals surface area contributed by atoms with Gasteiger partial charge >= 0.3 is 0 Å². The molecule has 1 unspecified atom stereocenters. The number of nitrogens with zero attached hydrogens (tertiary/aromatic N) is 1. The highest BCUT2D eigenvalue weighted by atomic mass is 35.5. The Morgan fingerprint density at radius 2 is 2.23 bits per heavy atom. The van der Waals surface area contributed by atoms with Crippen molar-refractivity contribution in [1.29, 1.82) is 0 Å². The average Bonchev–Trinajstić information content (AvgIpc) is 2.35. The van der Waals surface area contributed by atoms with Gasteiger partial charge in [-0.05, 0) is 24.1 Å². The Labute approximate surface area is 83.3 Å². The van der Waals surface area contributed by atoms with E-state index < -0.39 is 0 Å². The predicted molar refractivity (Wildman–Crippen MR) is 56.4 cm³/mol. The summed E-state index contributed by atoms with van der Waals surface area (Å²) in [5, 5.41) is 0.819. The number of benzene rings is 1.